The van der Waals surface area contributed by atoms with Crippen molar-refractivity contribution in [1.29, 1.82) is 0 Å². The van der Waals surface area contributed by atoms with Gasteiger partial charge in [-0.05, 0) is 44.9 Å². The predicted octanol–water partition coefficient (Wildman–Crippen LogP) is 2.62. The Kier molecular flexibility index (Phi) is 6.61. The van der Waals surface area contributed by atoms with Crippen molar-refractivity contribution in [1.82, 2.24) is 5.32 Å². The lowest BCUT2D eigenvalue weighted by molar-refractivity contribution is -0.148. The lowest BCUT2D eigenvalue weighted by Gasteiger charge is -2.29. The van der Waals surface area contributed by atoms with Crippen LogP contribution in [0.4, 0.5) is 0 Å². The topological polar surface area (TPSA) is 130 Å². The average molecular weight is 413 g/mol. The maximum atomic E-state index is 12.0. The summed E-state index contributed by atoms with van der Waals surface area (Å²) < 4.78 is 5.23. The van der Waals surface area contributed by atoms with E-state index in [1.807, 2.05) is 0 Å². The number of carboxylic acids is 2. The standard InChI is InChI=1S/C22H23NO7/c1-12-17(20(26)27)18(19(21(28)29)15(11-24)23-12)14-8-6-5-7-13(14)9-10-16(25)30-22(2,3)4/h5-11,18,23H,1-4H3,(H,26,27)(H,28,29)/b10-9+. The van der Waals surface area contributed by atoms with E-state index in [1.54, 1.807) is 45.0 Å². The molecule has 0 bridgehead atoms. The van der Waals surface area contributed by atoms with Gasteiger partial charge in [0.2, 0.25) is 0 Å². The minimum absolute atomic E-state index is 0.158. The van der Waals surface area contributed by atoms with E-state index < -0.39 is 29.4 Å². The number of nitrogens with one attached hydrogen (secondary N) is 1. The zero-order chi connectivity index (χ0) is 22.6. The third-order valence-electron chi connectivity index (χ3n) is 4.29. The van der Waals surface area contributed by atoms with Crippen molar-refractivity contribution in [3.63, 3.8) is 0 Å². The van der Waals surface area contributed by atoms with E-state index in [9.17, 15) is 29.4 Å². The van der Waals surface area contributed by atoms with Gasteiger partial charge in [-0.15, -0.1) is 0 Å². The minimum Gasteiger partial charge on any atom is -0.478 e. The molecular weight excluding hydrogens is 390 g/mol. The van der Waals surface area contributed by atoms with Crippen LogP contribution in [0.5, 0.6) is 0 Å². The highest BCUT2D eigenvalue weighted by Crippen LogP contribution is 2.39. The molecule has 0 aromatic heterocycles. The molecule has 2 rings (SSSR count). The number of aldehydes is 1. The van der Waals surface area contributed by atoms with Gasteiger partial charge in [-0.1, -0.05) is 24.3 Å². The van der Waals surface area contributed by atoms with E-state index in [1.165, 1.54) is 19.1 Å². The van der Waals surface area contributed by atoms with Crippen molar-refractivity contribution in [2.75, 3.05) is 0 Å². The Labute approximate surface area is 173 Å². The molecule has 1 aromatic rings. The van der Waals surface area contributed by atoms with Gasteiger partial charge in [0.15, 0.2) is 6.29 Å². The molecule has 1 aliphatic rings. The third kappa shape index (κ3) is 5.02. The molecule has 1 aliphatic heterocycles. The highest BCUT2D eigenvalue weighted by molar-refractivity contribution is 6.02. The molecule has 0 spiro atoms. The molecule has 0 aliphatic carbocycles. The van der Waals surface area contributed by atoms with Crippen LogP contribution in [0.2, 0.25) is 0 Å². The number of carbonyl (C=O) groups excluding carboxylic acids is 2. The fourth-order valence-corrected chi connectivity index (χ4v) is 3.20. The first-order valence-electron chi connectivity index (χ1n) is 9.10. The molecule has 0 amide bonds. The summed E-state index contributed by atoms with van der Waals surface area (Å²) in [4.78, 5) is 47.4. The molecule has 1 aromatic carbocycles. The number of carboxylic acid groups (broad SMARTS) is 2. The van der Waals surface area contributed by atoms with Gasteiger partial charge < -0.3 is 20.3 Å². The number of rotatable bonds is 6. The van der Waals surface area contributed by atoms with Gasteiger partial charge >= 0.3 is 17.9 Å². The number of dihydropyridines is 1. The number of aliphatic carboxylic acids is 2. The van der Waals surface area contributed by atoms with E-state index in [4.69, 9.17) is 4.74 Å². The first-order valence-corrected chi connectivity index (χ1v) is 9.10. The average Bonchev–Trinajstić information content (AvgIpc) is 2.63. The fourth-order valence-electron chi connectivity index (χ4n) is 3.20. The second-order valence-electron chi connectivity index (χ2n) is 7.65. The van der Waals surface area contributed by atoms with Crippen LogP contribution in [0.3, 0.4) is 0 Å². The summed E-state index contributed by atoms with van der Waals surface area (Å²) >= 11 is 0. The molecule has 1 unspecified atom stereocenters. The molecule has 3 N–H and O–H groups in total. The number of benzene rings is 1. The fraction of sp³-hybridized carbons (Fsp3) is 0.273. The van der Waals surface area contributed by atoms with Gasteiger partial charge in [0, 0.05) is 11.8 Å². The zero-order valence-corrected chi connectivity index (χ0v) is 17.1. The summed E-state index contributed by atoms with van der Waals surface area (Å²) in [5.74, 6) is -4.57. The summed E-state index contributed by atoms with van der Waals surface area (Å²) in [7, 11) is 0. The summed E-state index contributed by atoms with van der Waals surface area (Å²) in [6.07, 6.45) is 2.96. The van der Waals surface area contributed by atoms with Crippen LogP contribution in [0.25, 0.3) is 6.08 Å². The maximum absolute atomic E-state index is 12.0. The number of carbonyl (C=O) groups is 4. The second-order valence-corrected chi connectivity index (χ2v) is 7.65. The van der Waals surface area contributed by atoms with Gasteiger partial charge in [-0.2, -0.15) is 0 Å². The number of hydrogen-bond acceptors (Lipinski definition) is 6. The van der Waals surface area contributed by atoms with Gasteiger partial charge in [-0.25, -0.2) is 14.4 Å². The Hall–Kier alpha value is -3.68. The number of esters is 1. The summed E-state index contributed by atoms with van der Waals surface area (Å²) in [5.41, 5.74) is -0.587. The van der Waals surface area contributed by atoms with Gasteiger partial charge in [-0.3, -0.25) is 4.79 Å². The van der Waals surface area contributed by atoms with Crippen LogP contribution in [-0.2, 0) is 23.9 Å². The van der Waals surface area contributed by atoms with Crippen LogP contribution >= 0.6 is 0 Å². The van der Waals surface area contributed by atoms with E-state index in [0.29, 0.717) is 17.4 Å². The first-order chi connectivity index (χ1) is 14.0. The molecule has 0 radical (unpaired) electrons. The normalized spacial score (nSPS) is 17.0. The van der Waals surface area contributed by atoms with Crippen LogP contribution in [0.1, 0.15) is 44.7 Å². The molecular formula is C22H23NO7. The summed E-state index contributed by atoms with van der Waals surface area (Å²) in [6, 6.07) is 6.47. The Balaban J connectivity index is 2.64. The van der Waals surface area contributed by atoms with Crippen molar-refractivity contribution in [3.8, 4) is 0 Å². The monoisotopic (exact) mass is 413 g/mol. The SMILES string of the molecule is CC1=C(C(=O)O)C(c2ccccc2/C=C/C(=O)OC(C)(C)C)C(C(=O)O)=C(C=O)N1. The van der Waals surface area contributed by atoms with Crippen LogP contribution < -0.4 is 5.32 Å². The predicted molar refractivity (Wildman–Crippen MR) is 108 cm³/mol. The van der Waals surface area contributed by atoms with Gasteiger partial charge in [0.25, 0.3) is 0 Å². The highest BCUT2D eigenvalue weighted by Gasteiger charge is 2.38. The third-order valence-corrected chi connectivity index (χ3v) is 4.29. The Morgan fingerprint density at radius 2 is 1.67 bits per heavy atom. The number of allylic oxidation sites excluding steroid dienone is 2. The van der Waals surface area contributed by atoms with Crippen molar-refractivity contribution < 1.29 is 34.1 Å². The second kappa shape index (κ2) is 8.77. The van der Waals surface area contributed by atoms with E-state index in [2.05, 4.69) is 5.32 Å². The Morgan fingerprint density at radius 3 is 2.20 bits per heavy atom. The Morgan fingerprint density at radius 1 is 1.07 bits per heavy atom. The summed E-state index contributed by atoms with van der Waals surface area (Å²) in [6.45, 7) is 6.62. The number of hydrogen-bond donors (Lipinski definition) is 3. The molecule has 1 atom stereocenters. The highest BCUT2D eigenvalue weighted by atomic mass is 16.6. The van der Waals surface area contributed by atoms with Gasteiger partial charge in [0.05, 0.1) is 22.8 Å². The summed E-state index contributed by atoms with van der Waals surface area (Å²) in [5, 5.41) is 22.0. The molecule has 1 heterocycles. The van der Waals surface area contributed by atoms with Gasteiger partial charge in [0.1, 0.15) is 5.60 Å². The molecule has 0 saturated heterocycles. The van der Waals surface area contributed by atoms with Crippen molar-refractivity contribution >= 4 is 30.3 Å². The van der Waals surface area contributed by atoms with E-state index in [0.717, 1.165) is 0 Å². The van der Waals surface area contributed by atoms with Crippen LogP contribution in [-0.4, -0.2) is 40.0 Å². The minimum atomic E-state index is -1.42. The van der Waals surface area contributed by atoms with E-state index >= 15 is 0 Å². The van der Waals surface area contributed by atoms with Crippen LogP contribution in [0, 0.1) is 0 Å². The number of ether oxygens (including phenoxy) is 1. The molecule has 30 heavy (non-hydrogen) atoms. The van der Waals surface area contributed by atoms with Crippen molar-refractivity contribution in [2.45, 2.75) is 39.2 Å². The maximum Gasteiger partial charge on any atom is 0.334 e. The van der Waals surface area contributed by atoms with E-state index in [-0.39, 0.29) is 22.5 Å². The van der Waals surface area contributed by atoms with Crippen LogP contribution in [0.15, 0.2) is 52.9 Å². The largest absolute Gasteiger partial charge is 0.478 e. The molecule has 158 valence electrons. The Bertz CT molecular complexity index is 993. The van der Waals surface area contributed by atoms with Crippen molar-refractivity contribution in [3.05, 3.63) is 64.0 Å². The molecule has 0 fully saturated rings. The zero-order valence-electron chi connectivity index (χ0n) is 17.1. The molecule has 0 saturated carbocycles. The molecule has 8 nitrogen and oxygen atoms in total. The lowest BCUT2D eigenvalue weighted by atomic mass is 9.78. The quantitative estimate of drug-likeness (QED) is 0.369. The van der Waals surface area contributed by atoms with Crippen molar-refractivity contribution in [2.24, 2.45) is 0 Å². The first kappa shape index (κ1) is 22.6. The smallest absolute Gasteiger partial charge is 0.334 e. The molecule has 8 heteroatoms. The lowest BCUT2D eigenvalue weighted by Crippen LogP contribution is -2.32.